The van der Waals surface area contributed by atoms with Gasteiger partial charge in [-0.2, -0.15) is 0 Å². The summed E-state index contributed by atoms with van der Waals surface area (Å²) in [5, 5.41) is 0.677. The molecule has 0 saturated heterocycles. The average molecular weight is 230 g/mol. The lowest BCUT2D eigenvalue weighted by molar-refractivity contribution is 0.351. The highest BCUT2D eigenvalue weighted by molar-refractivity contribution is 6.31. The molecule has 0 atom stereocenters. The summed E-state index contributed by atoms with van der Waals surface area (Å²) in [5.74, 6) is 1.38. The minimum Gasteiger partial charge on any atom is -0.493 e. The first kappa shape index (κ1) is 12.1. The fraction of sp³-hybridized carbons (Fsp3) is 0.455. The van der Waals surface area contributed by atoms with E-state index in [0.717, 1.165) is 23.3 Å². The fourth-order valence-corrected chi connectivity index (χ4v) is 1.79. The van der Waals surface area contributed by atoms with Gasteiger partial charge < -0.3 is 15.2 Å². The Kier molecular flexibility index (Phi) is 4.24. The highest BCUT2D eigenvalue weighted by atomic mass is 35.5. The predicted molar refractivity (Wildman–Crippen MR) is 62.1 cm³/mol. The minimum absolute atomic E-state index is 0.556. The van der Waals surface area contributed by atoms with Gasteiger partial charge in [0.05, 0.1) is 14.2 Å². The van der Waals surface area contributed by atoms with E-state index < -0.39 is 0 Å². The standard InChI is InChI=1S/C11H16ClNO2/c1-7-8(4-5-13)11(15-3)10(14-2)6-9(7)12/h6H,4-5,13H2,1-3H3. The molecule has 0 aliphatic heterocycles. The van der Waals surface area contributed by atoms with Gasteiger partial charge in [0.1, 0.15) is 0 Å². The van der Waals surface area contributed by atoms with E-state index in [4.69, 9.17) is 26.8 Å². The second-order valence-electron chi connectivity index (χ2n) is 3.24. The van der Waals surface area contributed by atoms with Gasteiger partial charge in [0.2, 0.25) is 0 Å². The topological polar surface area (TPSA) is 44.5 Å². The van der Waals surface area contributed by atoms with Crippen LogP contribution < -0.4 is 15.2 Å². The predicted octanol–water partition coefficient (Wildman–Crippen LogP) is 2.17. The molecule has 4 heteroatoms. The van der Waals surface area contributed by atoms with Crippen LogP contribution in [0.3, 0.4) is 0 Å². The van der Waals surface area contributed by atoms with Crippen LogP contribution in [0.25, 0.3) is 0 Å². The Labute approximate surface area is 95.1 Å². The van der Waals surface area contributed by atoms with Crippen LogP contribution in [-0.4, -0.2) is 20.8 Å². The van der Waals surface area contributed by atoms with Crippen LogP contribution in [0.1, 0.15) is 11.1 Å². The van der Waals surface area contributed by atoms with Crippen molar-refractivity contribution >= 4 is 11.6 Å². The summed E-state index contributed by atoms with van der Waals surface area (Å²) in [6, 6.07) is 1.76. The number of hydrogen-bond acceptors (Lipinski definition) is 3. The summed E-state index contributed by atoms with van der Waals surface area (Å²) in [7, 11) is 3.21. The Morgan fingerprint density at radius 1 is 1.33 bits per heavy atom. The normalized spacial score (nSPS) is 10.2. The second kappa shape index (κ2) is 5.24. The van der Waals surface area contributed by atoms with E-state index in [9.17, 15) is 0 Å². The molecule has 15 heavy (non-hydrogen) atoms. The molecule has 0 unspecified atom stereocenters. The maximum absolute atomic E-state index is 6.09. The molecule has 0 aromatic heterocycles. The number of benzene rings is 1. The van der Waals surface area contributed by atoms with Crippen LogP contribution in [0, 0.1) is 6.92 Å². The zero-order chi connectivity index (χ0) is 11.4. The third kappa shape index (κ3) is 2.36. The van der Waals surface area contributed by atoms with Gasteiger partial charge >= 0.3 is 0 Å². The van der Waals surface area contributed by atoms with E-state index in [1.165, 1.54) is 0 Å². The minimum atomic E-state index is 0.556. The number of hydrogen-bond donors (Lipinski definition) is 1. The molecule has 1 rings (SSSR count). The maximum Gasteiger partial charge on any atom is 0.164 e. The van der Waals surface area contributed by atoms with E-state index in [1.807, 2.05) is 6.92 Å². The molecular weight excluding hydrogens is 214 g/mol. The Hall–Kier alpha value is -0.930. The summed E-state index contributed by atoms with van der Waals surface area (Å²) in [4.78, 5) is 0. The number of methoxy groups -OCH3 is 2. The van der Waals surface area contributed by atoms with Crippen molar-refractivity contribution in [2.24, 2.45) is 5.73 Å². The lowest BCUT2D eigenvalue weighted by Crippen LogP contribution is -2.07. The molecule has 0 spiro atoms. The van der Waals surface area contributed by atoms with Gasteiger partial charge in [0, 0.05) is 16.7 Å². The van der Waals surface area contributed by atoms with E-state index in [0.29, 0.717) is 17.3 Å². The molecule has 0 bridgehead atoms. The summed E-state index contributed by atoms with van der Waals surface area (Å²) in [6.07, 6.45) is 0.728. The third-order valence-corrected chi connectivity index (χ3v) is 2.78. The molecule has 0 aliphatic carbocycles. The molecule has 1 aromatic carbocycles. The molecule has 0 radical (unpaired) electrons. The summed E-state index contributed by atoms with van der Waals surface area (Å²) < 4.78 is 10.5. The first-order valence-electron chi connectivity index (χ1n) is 4.75. The number of nitrogens with two attached hydrogens (primary N) is 1. The number of ether oxygens (including phenoxy) is 2. The van der Waals surface area contributed by atoms with Gasteiger partial charge in [0.25, 0.3) is 0 Å². The lowest BCUT2D eigenvalue weighted by atomic mass is 10.0. The SMILES string of the molecule is COc1cc(Cl)c(C)c(CCN)c1OC. The van der Waals surface area contributed by atoms with Crippen LogP contribution in [0.2, 0.25) is 5.02 Å². The van der Waals surface area contributed by atoms with Crippen LogP contribution in [0.5, 0.6) is 11.5 Å². The van der Waals surface area contributed by atoms with Crippen LogP contribution >= 0.6 is 11.6 Å². The molecule has 0 heterocycles. The van der Waals surface area contributed by atoms with Gasteiger partial charge in [0.15, 0.2) is 11.5 Å². The average Bonchev–Trinajstić information content (AvgIpc) is 2.24. The molecular formula is C11H16ClNO2. The van der Waals surface area contributed by atoms with E-state index in [-0.39, 0.29) is 0 Å². The third-order valence-electron chi connectivity index (χ3n) is 2.38. The number of rotatable bonds is 4. The first-order valence-corrected chi connectivity index (χ1v) is 5.13. The molecule has 0 saturated carbocycles. The number of halogens is 1. The Bertz CT molecular complexity index is 353. The zero-order valence-corrected chi connectivity index (χ0v) is 10.0. The molecule has 0 fully saturated rings. The molecule has 0 amide bonds. The van der Waals surface area contributed by atoms with Gasteiger partial charge in [-0.3, -0.25) is 0 Å². The van der Waals surface area contributed by atoms with E-state index in [2.05, 4.69) is 0 Å². The zero-order valence-electron chi connectivity index (χ0n) is 9.26. The molecule has 0 aliphatic rings. The highest BCUT2D eigenvalue weighted by Gasteiger charge is 2.15. The van der Waals surface area contributed by atoms with E-state index in [1.54, 1.807) is 20.3 Å². The van der Waals surface area contributed by atoms with Crippen molar-refractivity contribution in [2.45, 2.75) is 13.3 Å². The molecule has 2 N–H and O–H groups in total. The summed E-state index contributed by atoms with van der Waals surface area (Å²) in [5.41, 5.74) is 7.57. The van der Waals surface area contributed by atoms with Gasteiger partial charge in [-0.25, -0.2) is 0 Å². The fourth-order valence-electron chi connectivity index (χ4n) is 1.57. The van der Waals surface area contributed by atoms with Crippen molar-refractivity contribution in [2.75, 3.05) is 20.8 Å². The molecule has 1 aromatic rings. The smallest absolute Gasteiger partial charge is 0.164 e. The van der Waals surface area contributed by atoms with Crippen molar-refractivity contribution in [3.63, 3.8) is 0 Å². The Morgan fingerprint density at radius 3 is 2.47 bits per heavy atom. The van der Waals surface area contributed by atoms with Crippen molar-refractivity contribution in [3.05, 3.63) is 22.2 Å². The van der Waals surface area contributed by atoms with Crippen molar-refractivity contribution < 1.29 is 9.47 Å². The van der Waals surface area contributed by atoms with Crippen molar-refractivity contribution in [3.8, 4) is 11.5 Å². The molecule has 3 nitrogen and oxygen atoms in total. The van der Waals surface area contributed by atoms with Crippen molar-refractivity contribution in [1.29, 1.82) is 0 Å². The Morgan fingerprint density at radius 2 is 2.00 bits per heavy atom. The van der Waals surface area contributed by atoms with Crippen LogP contribution in [0.15, 0.2) is 6.07 Å². The van der Waals surface area contributed by atoms with Crippen LogP contribution in [-0.2, 0) is 6.42 Å². The van der Waals surface area contributed by atoms with E-state index >= 15 is 0 Å². The summed E-state index contributed by atoms with van der Waals surface area (Å²) in [6.45, 7) is 2.51. The lowest BCUT2D eigenvalue weighted by Gasteiger charge is -2.16. The van der Waals surface area contributed by atoms with Gasteiger partial charge in [-0.1, -0.05) is 11.6 Å². The van der Waals surface area contributed by atoms with Gasteiger partial charge in [-0.15, -0.1) is 0 Å². The monoisotopic (exact) mass is 229 g/mol. The molecule has 84 valence electrons. The van der Waals surface area contributed by atoms with Crippen molar-refractivity contribution in [1.82, 2.24) is 0 Å². The van der Waals surface area contributed by atoms with Crippen LogP contribution in [0.4, 0.5) is 0 Å². The summed E-state index contributed by atoms with van der Waals surface area (Å²) >= 11 is 6.09. The first-order chi connectivity index (χ1) is 7.15. The largest absolute Gasteiger partial charge is 0.493 e. The maximum atomic E-state index is 6.09. The quantitative estimate of drug-likeness (QED) is 0.861. The second-order valence-corrected chi connectivity index (χ2v) is 3.64. The Balaban J connectivity index is 3.35. The van der Waals surface area contributed by atoms with Gasteiger partial charge in [-0.05, 0) is 25.5 Å². The highest BCUT2D eigenvalue weighted by Crippen LogP contribution is 2.37.